The van der Waals surface area contributed by atoms with Gasteiger partial charge in [0, 0.05) is 26.2 Å². The molecule has 0 N–H and O–H groups in total. The molecule has 0 aliphatic carbocycles. The second-order valence-corrected chi connectivity index (χ2v) is 5.87. The number of carbonyl (C=O) groups excluding carboxylic acids is 1. The van der Waals surface area contributed by atoms with Crippen LogP contribution in [0, 0.1) is 0 Å². The van der Waals surface area contributed by atoms with Crippen molar-refractivity contribution in [1.82, 2.24) is 9.80 Å². The number of carbonyl (C=O) groups is 1. The summed E-state index contributed by atoms with van der Waals surface area (Å²) in [7, 11) is 2.08. The van der Waals surface area contributed by atoms with E-state index in [4.69, 9.17) is 4.74 Å². The number of likely N-dealkylation sites (N-methyl/N-ethyl adjacent to an activating group) is 1. The predicted octanol–water partition coefficient (Wildman–Crippen LogP) is 2.65. The minimum atomic E-state index is 0.0572. The highest BCUT2D eigenvalue weighted by atomic mass is 16.5. The highest BCUT2D eigenvalue weighted by molar-refractivity contribution is 5.97. The van der Waals surface area contributed by atoms with E-state index in [0.717, 1.165) is 31.7 Å². The Labute approximate surface area is 137 Å². The fraction of sp³-hybridized carbons (Fsp3) is 0.316. The van der Waals surface area contributed by atoms with E-state index in [0.29, 0.717) is 17.9 Å². The number of ether oxygens (including phenoxy) is 1. The van der Waals surface area contributed by atoms with E-state index in [9.17, 15) is 4.79 Å². The molecular formula is C19H22N2O2. The van der Waals surface area contributed by atoms with Gasteiger partial charge in [0.05, 0.1) is 5.56 Å². The minimum Gasteiger partial charge on any atom is -0.488 e. The summed E-state index contributed by atoms with van der Waals surface area (Å²) in [5.74, 6) is 0.710. The molecule has 1 aliphatic heterocycles. The summed E-state index contributed by atoms with van der Waals surface area (Å²) in [6.07, 6.45) is 0. The zero-order valence-corrected chi connectivity index (χ0v) is 13.4. The second-order valence-electron chi connectivity index (χ2n) is 5.87. The average molecular weight is 310 g/mol. The molecule has 2 aromatic rings. The lowest BCUT2D eigenvalue weighted by Crippen LogP contribution is -2.47. The highest BCUT2D eigenvalue weighted by Crippen LogP contribution is 2.21. The summed E-state index contributed by atoms with van der Waals surface area (Å²) >= 11 is 0. The lowest BCUT2D eigenvalue weighted by molar-refractivity contribution is 0.0659. The summed E-state index contributed by atoms with van der Waals surface area (Å²) in [6, 6.07) is 17.5. The molecule has 1 heterocycles. The molecule has 0 spiro atoms. The first-order chi connectivity index (χ1) is 11.2. The Hall–Kier alpha value is -2.33. The monoisotopic (exact) mass is 310 g/mol. The molecule has 3 rings (SSSR count). The maximum Gasteiger partial charge on any atom is 0.257 e. The lowest BCUT2D eigenvalue weighted by Gasteiger charge is -2.32. The van der Waals surface area contributed by atoms with Crippen molar-refractivity contribution in [3.63, 3.8) is 0 Å². The Morgan fingerprint density at radius 3 is 2.35 bits per heavy atom. The van der Waals surface area contributed by atoms with Gasteiger partial charge >= 0.3 is 0 Å². The SMILES string of the molecule is CN1CCN(C(=O)c2ccccc2OCc2ccccc2)CC1. The summed E-state index contributed by atoms with van der Waals surface area (Å²) in [4.78, 5) is 16.9. The number of para-hydroxylation sites is 1. The van der Waals surface area contributed by atoms with E-state index in [2.05, 4.69) is 11.9 Å². The Balaban J connectivity index is 1.71. The van der Waals surface area contributed by atoms with Gasteiger partial charge in [-0.15, -0.1) is 0 Å². The first kappa shape index (κ1) is 15.6. The second kappa shape index (κ2) is 7.29. The van der Waals surface area contributed by atoms with Crippen LogP contribution < -0.4 is 4.74 Å². The lowest BCUT2D eigenvalue weighted by atomic mass is 10.1. The zero-order valence-electron chi connectivity index (χ0n) is 13.4. The van der Waals surface area contributed by atoms with Gasteiger partial charge in [-0.3, -0.25) is 4.79 Å². The highest BCUT2D eigenvalue weighted by Gasteiger charge is 2.22. The number of nitrogens with zero attached hydrogens (tertiary/aromatic N) is 2. The van der Waals surface area contributed by atoms with E-state index in [1.54, 1.807) is 0 Å². The van der Waals surface area contributed by atoms with Crippen LogP contribution in [0.5, 0.6) is 5.75 Å². The molecule has 4 nitrogen and oxygen atoms in total. The van der Waals surface area contributed by atoms with E-state index >= 15 is 0 Å². The number of rotatable bonds is 4. The van der Waals surface area contributed by atoms with Crippen LogP contribution in [0.15, 0.2) is 54.6 Å². The van der Waals surface area contributed by atoms with E-state index in [1.807, 2.05) is 59.5 Å². The molecular weight excluding hydrogens is 288 g/mol. The number of piperazine rings is 1. The van der Waals surface area contributed by atoms with Crippen LogP contribution in [-0.4, -0.2) is 48.9 Å². The fourth-order valence-electron chi connectivity index (χ4n) is 2.68. The molecule has 0 radical (unpaired) electrons. The van der Waals surface area contributed by atoms with Gasteiger partial charge < -0.3 is 14.5 Å². The van der Waals surface area contributed by atoms with Crippen LogP contribution in [0.1, 0.15) is 15.9 Å². The third-order valence-electron chi connectivity index (χ3n) is 4.15. The number of hydrogen-bond donors (Lipinski definition) is 0. The van der Waals surface area contributed by atoms with Crippen molar-refractivity contribution in [1.29, 1.82) is 0 Å². The van der Waals surface area contributed by atoms with Crippen LogP contribution in [0.2, 0.25) is 0 Å². The Morgan fingerprint density at radius 2 is 1.61 bits per heavy atom. The molecule has 23 heavy (non-hydrogen) atoms. The Kier molecular flexibility index (Phi) is 4.93. The van der Waals surface area contributed by atoms with Gasteiger partial charge in [-0.2, -0.15) is 0 Å². The molecule has 1 aliphatic rings. The van der Waals surface area contributed by atoms with Crippen LogP contribution in [0.3, 0.4) is 0 Å². The molecule has 1 amide bonds. The van der Waals surface area contributed by atoms with Crippen LogP contribution in [-0.2, 0) is 6.61 Å². The predicted molar refractivity (Wildman–Crippen MR) is 90.6 cm³/mol. The minimum absolute atomic E-state index is 0.0572. The first-order valence-corrected chi connectivity index (χ1v) is 7.97. The molecule has 1 saturated heterocycles. The quantitative estimate of drug-likeness (QED) is 0.870. The van der Waals surface area contributed by atoms with Gasteiger partial charge in [-0.25, -0.2) is 0 Å². The summed E-state index contributed by atoms with van der Waals surface area (Å²) in [5.41, 5.74) is 1.74. The third kappa shape index (κ3) is 3.90. The molecule has 2 aromatic carbocycles. The van der Waals surface area contributed by atoms with E-state index < -0.39 is 0 Å². The smallest absolute Gasteiger partial charge is 0.257 e. The molecule has 120 valence electrons. The Morgan fingerprint density at radius 1 is 0.957 bits per heavy atom. The Bertz CT molecular complexity index is 649. The van der Waals surface area contributed by atoms with Gasteiger partial charge in [-0.05, 0) is 24.7 Å². The first-order valence-electron chi connectivity index (χ1n) is 7.97. The van der Waals surface area contributed by atoms with Gasteiger partial charge in [0.2, 0.25) is 0 Å². The molecule has 1 fully saturated rings. The van der Waals surface area contributed by atoms with Gasteiger partial charge in [-0.1, -0.05) is 42.5 Å². The van der Waals surface area contributed by atoms with Crippen molar-refractivity contribution in [2.24, 2.45) is 0 Å². The molecule has 0 saturated carbocycles. The van der Waals surface area contributed by atoms with Crippen molar-refractivity contribution in [3.8, 4) is 5.75 Å². The summed E-state index contributed by atoms with van der Waals surface area (Å²) in [6.45, 7) is 3.83. The number of benzene rings is 2. The van der Waals surface area contributed by atoms with Crippen molar-refractivity contribution in [3.05, 3.63) is 65.7 Å². The van der Waals surface area contributed by atoms with E-state index in [1.165, 1.54) is 0 Å². The third-order valence-corrected chi connectivity index (χ3v) is 4.15. The largest absolute Gasteiger partial charge is 0.488 e. The standard InChI is InChI=1S/C19H22N2O2/c1-20-11-13-21(14-12-20)19(22)17-9-5-6-10-18(17)23-15-16-7-3-2-4-8-16/h2-10H,11-15H2,1H3. The average Bonchev–Trinajstić information content (AvgIpc) is 2.61. The van der Waals surface area contributed by atoms with Crippen molar-refractivity contribution in [2.45, 2.75) is 6.61 Å². The maximum absolute atomic E-state index is 12.8. The molecule has 0 bridgehead atoms. The van der Waals surface area contributed by atoms with Gasteiger partial charge in [0.15, 0.2) is 0 Å². The van der Waals surface area contributed by atoms with E-state index in [-0.39, 0.29) is 5.91 Å². The summed E-state index contributed by atoms with van der Waals surface area (Å²) < 4.78 is 5.90. The fourth-order valence-corrected chi connectivity index (χ4v) is 2.68. The van der Waals surface area contributed by atoms with Crippen LogP contribution in [0.4, 0.5) is 0 Å². The van der Waals surface area contributed by atoms with Gasteiger partial charge in [0.25, 0.3) is 5.91 Å². The van der Waals surface area contributed by atoms with Crippen LogP contribution in [0.25, 0.3) is 0 Å². The molecule has 0 atom stereocenters. The molecule has 4 heteroatoms. The molecule has 0 aromatic heterocycles. The normalized spacial score (nSPS) is 15.4. The zero-order chi connectivity index (χ0) is 16.1. The maximum atomic E-state index is 12.8. The number of amides is 1. The van der Waals surface area contributed by atoms with Crippen LogP contribution >= 0.6 is 0 Å². The van der Waals surface area contributed by atoms with Crippen molar-refractivity contribution < 1.29 is 9.53 Å². The van der Waals surface area contributed by atoms with Gasteiger partial charge in [0.1, 0.15) is 12.4 Å². The van der Waals surface area contributed by atoms with Crippen molar-refractivity contribution in [2.75, 3.05) is 33.2 Å². The summed E-state index contributed by atoms with van der Waals surface area (Å²) in [5, 5.41) is 0. The topological polar surface area (TPSA) is 32.8 Å². The number of hydrogen-bond acceptors (Lipinski definition) is 3. The molecule has 0 unspecified atom stereocenters. The van der Waals surface area contributed by atoms with Crippen molar-refractivity contribution >= 4 is 5.91 Å².